The maximum atomic E-state index is 11.5. The van der Waals surface area contributed by atoms with Crippen molar-refractivity contribution in [3.8, 4) is 6.07 Å². The molecule has 1 rings (SSSR count). The second-order valence-electron chi connectivity index (χ2n) is 3.19. The molecule has 86 valence electrons. The topological polar surface area (TPSA) is 40.9 Å². The maximum Gasteiger partial charge on any atom is 0.173 e. The lowest BCUT2D eigenvalue weighted by atomic mass is 10.0. The number of alkyl halides is 1. The van der Waals surface area contributed by atoms with Crippen molar-refractivity contribution in [3.63, 3.8) is 0 Å². The molecule has 16 heavy (non-hydrogen) atoms. The minimum atomic E-state index is 0.103. The van der Waals surface area contributed by atoms with Gasteiger partial charge >= 0.3 is 0 Å². The van der Waals surface area contributed by atoms with Crippen LogP contribution in [0.3, 0.4) is 0 Å². The first kappa shape index (κ1) is 15.2. The summed E-state index contributed by atoms with van der Waals surface area (Å²) in [6.07, 6.45) is 0. The lowest BCUT2D eigenvalue weighted by Gasteiger charge is -2.07. The first-order valence-corrected chi connectivity index (χ1v) is 6.14. The normalized spacial score (nSPS) is 8.75. The van der Waals surface area contributed by atoms with E-state index in [2.05, 4.69) is 15.9 Å². The van der Waals surface area contributed by atoms with Gasteiger partial charge in [-0.3, -0.25) is 4.79 Å². The van der Waals surface area contributed by atoms with Crippen LogP contribution < -0.4 is 0 Å². The Bertz CT molecular complexity index is 401. The highest BCUT2D eigenvalue weighted by molar-refractivity contribution is 9.09. The summed E-state index contributed by atoms with van der Waals surface area (Å²) < 4.78 is 0. The number of carbonyl (C=O) groups excluding carboxylic acids is 1. The first-order valence-electron chi connectivity index (χ1n) is 4.64. The van der Waals surface area contributed by atoms with Crippen molar-refractivity contribution in [1.29, 1.82) is 5.26 Å². The molecular formula is C12H13BrClNO. The van der Waals surface area contributed by atoms with Gasteiger partial charge in [0.2, 0.25) is 0 Å². The zero-order chi connectivity index (χ0) is 12.7. The van der Waals surface area contributed by atoms with E-state index in [-0.39, 0.29) is 5.78 Å². The molecule has 0 radical (unpaired) electrons. The largest absolute Gasteiger partial charge is 0.293 e. The van der Waals surface area contributed by atoms with Gasteiger partial charge in [-0.25, -0.2) is 0 Å². The summed E-state index contributed by atoms with van der Waals surface area (Å²) in [7, 11) is 0. The molecule has 1 aromatic carbocycles. The Balaban J connectivity index is 0.000000673. The molecule has 0 fully saturated rings. The number of hydrogen-bond acceptors (Lipinski definition) is 2. The number of benzene rings is 1. The van der Waals surface area contributed by atoms with E-state index in [0.29, 0.717) is 10.4 Å². The minimum absolute atomic E-state index is 0.103. The summed E-state index contributed by atoms with van der Waals surface area (Å²) in [6, 6.07) is 5.37. The molecule has 0 spiro atoms. The summed E-state index contributed by atoms with van der Waals surface area (Å²) in [5.74, 6) is 0.103. The van der Waals surface area contributed by atoms with Crippen LogP contribution in [-0.4, -0.2) is 11.1 Å². The third kappa shape index (κ3) is 4.34. The molecule has 2 nitrogen and oxygen atoms in total. The molecular weight excluding hydrogens is 289 g/mol. The molecule has 0 aliphatic rings. The Kier molecular flexibility index (Phi) is 7.03. The van der Waals surface area contributed by atoms with Crippen LogP contribution in [0.5, 0.6) is 0 Å². The predicted molar refractivity (Wildman–Crippen MR) is 70.3 cm³/mol. The standard InChI is InChI=1S/C10H10BrClO.C2H3N/c1-6-3-8(12)4-7(2)10(6)9(13)5-11;1-2-3/h3-4H,5H2,1-2H3;1H3. The summed E-state index contributed by atoms with van der Waals surface area (Å²) in [5.41, 5.74) is 2.66. The zero-order valence-corrected chi connectivity index (χ0v) is 11.8. The molecule has 0 aromatic heterocycles. The summed E-state index contributed by atoms with van der Waals surface area (Å²) >= 11 is 9.00. The van der Waals surface area contributed by atoms with Crippen molar-refractivity contribution < 1.29 is 4.79 Å². The summed E-state index contributed by atoms with van der Waals surface area (Å²) in [5, 5.41) is 8.36. The van der Waals surface area contributed by atoms with Crippen molar-refractivity contribution in [2.24, 2.45) is 0 Å². The van der Waals surface area contributed by atoms with E-state index in [4.69, 9.17) is 16.9 Å². The number of nitriles is 1. The lowest BCUT2D eigenvalue weighted by Crippen LogP contribution is -2.05. The second kappa shape index (κ2) is 7.43. The first-order chi connectivity index (χ1) is 7.47. The van der Waals surface area contributed by atoms with Gasteiger partial charge in [0.1, 0.15) is 0 Å². The number of aryl methyl sites for hydroxylation is 2. The minimum Gasteiger partial charge on any atom is -0.293 e. The van der Waals surface area contributed by atoms with E-state index in [1.54, 1.807) is 6.07 Å². The molecule has 0 amide bonds. The highest BCUT2D eigenvalue weighted by Crippen LogP contribution is 2.20. The molecule has 0 unspecified atom stereocenters. The van der Waals surface area contributed by atoms with Gasteiger partial charge in [0.05, 0.1) is 11.4 Å². The van der Waals surface area contributed by atoms with E-state index < -0.39 is 0 Å². The van der Waals surface area contributed by atoms with Crippen molar-refractivity contribution in [3.05, 3.63) is 33.8 Å². The molecule has 0 N–H and O–H groups in total. The molecule has 0 bridgehead atoms. The number of halogens is 2. The van der Waals surface area contributed by atoms with E-state index in [1.807, 2.05) is 26.0 Å². The number of nitrogens with zero attached hydrogens (tertiary/aromatic N) is 1. The van der Waals surface area contributed by atoms with E-state index in [0.717, 1.165) is 16.7 Å². The van der Waals surface area contributed by atoms with E-state index in [9.17, 15) is 4.79 Å². The van der Waals surface area contributed by atoms with Crippen LogP contribution in [-0.2, 0) is 0 Å². The number of ketones is 1. The van der Waals surface area contributed by atoms with Crippen LogP contribution in [0, 0.1) is 25.2 Å². The lowest BCUT2D eigenvalue weighted by molar-refractivity contribution is 0.102. The van der Waals surface area contributed by atoms with Crippen molar-refractivity contribution >= 4 is 33.3 Å². The van der Waals surface area contributed by atoms with Crippen molar-refractivity contribution in [1.82, 2.24) is 0 Å². The quantitative estimate of drug-likeness (QED) is 0.610. The Labute approximate surface area is 109 Å². The number of carbonyl (C=O) groups is 1. The van der Waals surface area contributed by atoms with Crippen LogP contribution >= 0.6 is 27.5 Å². The Morgan fingerprint density at radius 3 is 2.12 bits per heavy atom. The third-order valence-electron chi connectivity index (χ3n) is 1.90. The monoisotopic (exact) mass is 301 g/mol. The fourth-order valence-electron chi connectivity index (χ4n) is 1.42. The zero-order valence-electron chi connectivity index (χ0n) is 9.47. The second-order valence-corrected chi connectivity index (χ2v) is 4.19. The van der Waals surface area contributed by atoms with Gasteiger partial charge in [0.25, 0.3) is 0 Å². The average Bonchev–Trinajstić information content (AvgIpc) is 2.17. The Morgan fingerprint density at radius 1 is 1.44 bits per heavy atom. The molecule has 0 saturated carbocycles. The molecule has 0 heterocycles. The molecule has 0 atom stereocenters. The number of hydrogen-bond donors (Lipinski definition) is 0. The van der Waals surface area contributed by atoms with Gasteiger partial charge in [0.15, 0.2) is 5.78 Å². The van der Waals surface area contributed by atoms with E-state index >= 15 is 0 Å². The van der Waals surface area contributed by atoms with Crippen LogP contribution in [0.4, 0.5) is 0 Å². The molecule has 1 aromatic rings. The van der Waals surface area contributed by atoms with Gasteiger partial charge in [0, 0.05) is 17.5 Å². The fourth-order valence-corrected chi connectivity index (χ4v) is 2.03. The summed E-state index contributed by atoms with van der Waals surface area (Å²) in [6.45, 7) is 5.23. The average molecular weight is 303 g/mol. The van der Waals surface area contributed by atoms with Crippen LogP contribution in [0.2, 0.25) is 5.02 Å². The summed E-state index contributed by atoms with van der Waals surface area (Å²) in [4.78, 5) is 11.5. The highest BCUT2D eigenvalue weighted by atomic mass is 79.9. The molecule has 0 aliphatic heterocycles. The van der Waals surface area contributed by atoms with Gasteiger partial charge in [-0.05, 0) is 37.1 Å². The smallest absolute Gasteiger partial charge is 0.173 e. The van der Waals surface area contributed by atoms with Gasteiger partial charge in [-0.15, -0.1) is 0 Å². The van der Waals surface area contributed by atoms with E-state index in [1.165, 1.54) is 6.92 Å². The Hall–Kier alpha value is -0.850. The fraction of sp³-hybridized carbons (Fsp3) is 0.333. The van der Waals surface area contributed by atoms with Crippen LogP contribution in [0.1, 0.15) is 28.4 Å². The number of Topliss-reactive ketones (excluding diaryl/α,β-unsaturated/α-hetero) is 1. The maximum absolute atomic E-state index is 11.5. The van der Waals surface area contributed by atoms with Crippen LogP contribution in [0.15, 0.2) is 12.1 Å². The van der Waals surface area contributed by atoms with Crippen molar-refractivity contribution in [2.45, 2.75) is 20.8 Å². The molecule has 4 heteroatoms. The SMILES string of the molecule is CC#N.Cc1cc(Cl)cc(C)c1C(=O)CBr. The van der Waals surface area contributed by atoms with Crippen LogP contribution in [0.25, 0.3) is 0 Å². The molecule has 0 aliphatic carbocycles. The Morgan fingerprint density at radius 2 is 1.81 bits per heavy atom. The van der Waals surface area contributed by atoms with Gasteiger partial charge in [-0.2, -0.15) is 5.26 Å². The van der Waals surface area contributed by atoms with Gasteiger partial charge in [-0.1, -0.05) is 27.5 Å². The highest BCUT2D eigenvalue weighted by Gasteiger charge is 2.11. The van der Waals surface area contributed by atoms with Gasteiger partial charge < -0.3 is 0 Å². The molecule has 0 saturated heterocycles. The van der Waals surface area contributed by atoms with Crippen molar-refractivity contribution in [2.75, 3.05) is 5.33 Å². The third-order valence-corrected chi connectivity index (χ3v) is 2.63. The number of rotatable bonds is 2. The predicted octanol–water partition coefficient (Wildman–Crippen LogP) is 4.06.